The number of hydrogen-bond acceptors (Lipinski definition) is 5. The van der Waals surface area contributed by atoms with Crippen LogP contribution in [0.4, 0.5) is 24.5 Å². The molecule has 0 saturated carbocycles. The van der Waals surface area contributed by atoms with Crippen LogP contribution in [-0.2, 0) is 9.59 Å². The van der Waals surface area contributed by atoms with Crippen LogP contribution in [0.15, 0.2) is 71.7 Å². The molecule has 0 unspecified atom stereocenters. The first-order chi connectivity index (χ1) is 14.7. The number of nitrogens with zero attached hydrogens (tertiary/aromatic N) is 1. The summed E-state index contributed by atoms with van der Waals surface area (Å²) in [4.78, 5) is 27.9. The van der Waals surface area contributed by atoms with Gasteiger partial charge in [-0.1, -0.05) is 17.7 Å². The molecule has 158 valence electrons. The highest BCUT2D eigenvalue weighted by Crippen LogP contribution is 2.36. The summed E-state index contributed by atoms with van der Waals surface area (Å²) < 4.78 is 40.9. The van der Waals surface area contributed by atoms with Gasteiger partial charge in [0.25, 0.3) is 11.8 Å². The van der Waals surface area contributed by atoms with Gasteiger partial charge in [0.1, 0.15) is 11.4 Å². The Balaban J connectivity index is 1.68. The lowest BCUT2D eigenvalue weighted by molar-refractivity contribution is -0.274. The predicted molar refractivity (Wildman–Crippen MR) is 112 cm³/mol. The van der Waals surface area contributed by atoms with Gasteiger partial charge in [0, 0.05) is 15.6 Å². The van der Waals surface area contributed by atoms with E-state index in [1.54, 1.807) is 41.8 Å². The van der Waals surface area contributed by atoms with Crippen LogP contribution >= 0.6 is 22.9 Å². The largest absolute Gasteiger partial charge is 0.573 e. The summed E-state index contributed by atoms with van der Waals surface area (Å²) in [5.41, 5.74) is 0.856. The van der Waals surface area contributed by atoms with Gasteiger partial charge in [-0.15, -0.1) is 24.5 Å². The SMILES string of the molecule is O=C1C(Nc2ccc(OC(F)(F)F)cc2)=C(c2cccs2)C(=O)N1c1ccc(Cl)cc1. The van der Waals surface area contributed by atoms with Gasteiger partial charge < -0.3 is 10.1 Å². The molecule has 1 aliphatic rings. The van der Waals surface area contributed by atoms with Gasteiger partial charge in [0.05, 0.1) is 11.3 Å². The molecule has 0 radical (unpaired) electrons. The monoisotopic (exact) mass is 464 g/mol. The van der Waals surface area contributed by atoms with Crippen molar-refractivity contribution in [2.75, 3.05) is 10.2 Å². The number of thiophene rings is 1. The highest BCUT2D eigenvalue weighted by molar-refractivity contribution is 7.11. The average Bonchev–Trinajstić information content (AvgIpc) is 3.30. The maximum Gasteiger partial charge on any atom is 0.573 e. The molecule has 2 heterocycles. The van der Waals surface area contributed by atoms with Crippen LogP contribution in [-0.4, -0.2) is 18.2 Å². The summed E-state index contributed by atoms with van der Waals surface area (Å²) >= 11 is 7.18. The third-order valence-electron chi connectivity index (χ3n) is 4.29. The van der Waals surface area contributed by atoms with E-state index in [1.165, 1.54) is 23.5 Å². The van der Waals surface area contributed by atoms with Crippen molar-refractivity contribution in [2.45, 2.75) is 6.36 Å². The molecule has 10 heteroatoms. The van der Waals surface area contributed by atoms with Crippen molar-refractivity contribution >= 4 is 51.7 Å². The number of benzene rings is 2. The maximum absolute atomic E-state index is 13.1. The van der Waals surface area contributed by atoms with E-state index >= 15 is 0 Å². The fraction of sp³-hybridized carbons (Fsp3) is 0.0476. The zero-order valence-corrected chi connectivity index (χ0v) is 17.0. The molecule has 2 amide bonds. The van der Waals surface area contributed by atoms with Gasteiger partial charge >= 0.3 is 6.36 Å². The average molecular weight is 465 g/mol. The number of rotatable bonds is 5. The van der Waals surface area contributed by atoms with E-state index in [0.29, 0.717) is 21.3 Å². The van der Waals surface area contributed by atoms with Gasteiger partial charge in [-0.05, 0) is 60.0 Å². The molecule has 1 aliphatic heterocycles. The highest BCUT2D eigenvalue weighted by atomic mass is 35.5. The molecule has 31 heavy (non-hydrogen) atoms. The lowest BCUT2D eigenvalue weighted by Gasteiger charge is -2.15. The Labute approximate surface area is 183 Å². The molecule has 2 aromatic carbocycles. The quantitative estimate of drug-likeness (QED) is 0.492. The Morgan fingerprint density at radius 3 is 2.19 bits per heavy atom. The Hall–Kier alpha value is -3.30. The van der Waals surface area contributed by atoms with Crippen LogP contribution in [0.3, 0.4) is 0 Å². The maximum atomic E-state index is 13.1. The van der Waals surface area contributed by atoms with Crippen molar-refractivity contribution in [1.82, 2.24) is 0 Å². The van der Waals surface area contributed by atoms with Crippen LogP contribution in [0, 0.1) is 0 Å². The van der Waals surface area contributed by atoms with Gasteiger partial charge in [0.2, 0.25) is 0 Å². The first-order valence-electron chi connectivity index (χ1n) is 8.78. The normalized spacial score (nSPS) is 14.4. The smallest absolute Gasteiger partial charge is 0.406 e. The minimum absolute atomic E-state index is 0.0203. The molecule has 3 aromatic rings. The van der Waals surface area contributed by atoms with E-state index < -0.39 is 23.9 Å². The molecule has 0 fully saturated rings. The molecule has 0 spiro atoms. The third-order valence-corrected chi connectivity index (χ3v) is 5.43. The predicted octanol–water partition coefficient (Wildman–Crippen LogP) is 5.70. The second-order valence-electron chi connectivity index (χ2n) is 6.35. The summed E-state index contributed by atoms with van der Waals surface area (Å²) in [5, 5.41) is 5.09. The first kappa shape index (κ1) is 21.0. The zero-order chi connectivity index (χ0) is 22.2. The molecular weight excluding hydrogens is 453 g/mol. The Morgan fingerprint density at radius 2 is 1.61 bits per heavy atom. The fourth-order valence-corrected chi connectivity index (χ4v) is 3.90. The third kappa shape index (κ3) is 4.42. The lowest BCUT2D eigenvalue weighted by atomic mass is 10.2. The van der Waals surface area contributed by atoms with E-state index in [2.05, 4.69) is 10.1 Å². The highest BCUT2D eigenvalue weighted by Gasteiger charge is 2.40. The minimum Gasteiger partial charge on any atom is -0.406 e. The van der Waals surface area contributed by atoms with Crippen molar-refractivity contribution in [3.63, 3.8) is 0 Å². The number of ether oxygens (including phenoxy) is 1. The van der Waals surface area contributed by atoms with Crippen molar-refractivity contribution in [3.05, 3.63) is 81.6 Å². The summed E-state index contributed by atoms with van der Waals surface area (Å²) in [7, 11) is 0. The number of anilines is 2. The van der Waals surface area contributed by atoms with E-state index in [1.807, 2.05) is 0 Å². The first-order valence-corrected chi connectivity index (χ1v) is 10.0. The van der Waals surface area contributed by atoms with Gasteiger partial charge in [0.15, 0.2) is 0 Å². The van der Waals surface area contributed by atoms with Crippen molar-refractivity contribution in [3.8, 4) is 5.75 Å². The number of nitrogens with one attached hydrogen (secondary N) is 1. The van der Waals surface area contributed by atoms with E-state index in [9.17, 15) is 22.8 Å². The van der Waals surface area contributed by atoms with Crippen molar-refractivity contribution in [1.29, 1.82) is 0 Å². The van der Waals surface area contributed by atoms with E-state index in [4.69, 9.17) is 11.6 Å². The Bertz CT molecular complexity index is 1160. The lowest BCUT2D eigenvalue weighted by Crippen LogP contribution is -2.32. The van der Waals surface area contributed by atoms with Gasteiger partial charge in [-0.2, -0.15) is 0 Å². The molecule has 0 bridgehead atoms. The Kier molecular flexibility index (Phi) is 5.47. The number of carbonyl (C=O) groups is 2. The zero-order valence-electron chi connectivity index (χ0n) is 15.4. The van der Waals surface area contributed by atoms with Crippen molar-refractivity contribution < 1.29 is 27.5 Å². The van der Waals surface area contributed by atoms with E-state index in [0.717, 1.165) is 17.0 Å². The molecule has 1 N–H and O–H groups in total. The topological polar surface area (TPSA) is 58.6 Å². The molecule has 0 atom stereocenters. The van der Waals surface area contributed by atoms with Gasteiger partial charge in [-0.25, -0.2) is 4.90 Å². The van der Waals surface area contributed by atoms with Gasteiger partial charge in [-0.3, -0.25) is 9.59 Å². The second-order valence-corrected chi connectivity index (χ2v) is 7.73. The number of halogens is 4. The summed E-state index contributed by atoms with van der Waals surface area (Å²) in [6.07, 6.45) is -4.81. The van der Waals surface area contributed by atoms with Crippen LogP contribution < -0.4 is 15.0 Å². The number of hydrogen-bond donors (Lipinski definition) is 1. The molecule has 5 nitrogen and oxygen atoms in total. The molecule has 4 rings (SSSR count). The standard InChI is InChI=1S/C21H12ClF3N2O3S/c22-12-3-7-14(8-4-12)27-19(28)17(16-2-1-11-31-16)18(20(27)29)26-13-5-9-15(10-6-13)30-21(23,24)25/h1-11,26H. The minimum atomic E-state index is -4.81. The van der Waals surface area contributed by atoms with Crippen LogP contribution in [0.1, 0.15) is 4.88 Å². The Morgan fingerprint density at radius 1 is 0.935 bits per heavy atom. The van der Waals surface area contributed by atoms with E-state index in [-0.39, 0.29) is 11.3 Å². The summed E-state index contributed by atoms with van der Waals surface area (Å²) in [6, 6.07) is 14.5. The number of imide groups is 1. The number of amides is 2. The van der Waals surface area contributed by atoms with Crippen molar-refractivity contribution in [2.24, 2.45) is 0 Å². The van der Waals surface area contributed by atoms with Crippen LogP contribution in [0.25, 0.3) is 5.57 Å². The number of carbonyl (C=O) groups excluding carboxylic acids is 2. The van der Waals surface area contributed by atoms with Crippen LogP contribution in [0.5, 0.6) is 5.75 Å². The summed E-state index contributed by atoms with van der Waals surface area (Å²) in [5.74, 6) is -1.51. The molecular formula is C21H12ClF3N2O3S. The fourth-order valence-electron chi connectivity index (χ4n) is 3.00. The molecule has 0 aliphatic carbocycles. The van der Waals surface area contributed by atoms with Crippen LogP contribution in [0.2, 0.25) is 5.02 Å². The molecule has 0 saturated heterocycles. The second kappa shape index (κ2) is 8.09. The number of alkyl halides is 3. The summed E-state index contributed by atoms with van der Waals surface area (Å²) in [6.45, 7) is 0. The molecule has 1 aromatic heterocycles.